The molecular weight excluding hydrogens is 2070 g/mol. The Balaban J connectivity index is 0.000000156. The van der Waals surface area contributed by atoms with Crippen molar-refractivity contribution in [2.75, 3.05) is 4.93 Å². The van der Waals surface area contributed by atoms with Crippen LogP contribution < -0.4 is 14.9 Å². The van der Waals surface area contributed by atoms with E-state index in [9.17, 15) is 24.9 Å². The molecule has 18 aromatic rings. The summed E-state index contributed by atoms with van der Waals surface area (Å²) in [6.45, 7) is 28.9. The molecule has 1 radical (unpaired) electrons. The smallest absolute Gasteiger partial charge is 0.872 e. The molecule has 148 heavy (non-hydrogen) atoms. The van der Waals surface area contributed by atoms with E-state index in [1.807, 2.05) is 137 Å². The Morgan fingerprint density at radius 2 is 0.764 bits per heavy atom. The third-order valence-corrected chi connectivity index (χ3v) is 25.5. The van der Waals surface area contributed by atoms with Gasteiger partial charge in [-0.25, -0.2) is 9.78 Å². The molecule has 0 amide bonds. The maximum atomic E-state index is 12.0. The van der Waals surface area contributed by atoms with Crippen LogP contribution in [0.2, 0.25) is 5.15 Å². The predicted molar refractivity (Wildman–Crippen MR) is 573 cm³/mol. The molecule has 731 valence electrons. The first-order valence-corrected chi connectivity index (χ1v) is 48.3. The van der Waals surface area contributed by atoms with Gasteiger partial charge in [0, 0.05) is 253 Å². The van der Waals surface area contributed by atoms with E-state index in [-0.39, 0.29) is 96.1 Å². The molecule has 0 saturated carbocycles. The van der Waals surface area contributed by atoms with Gasteiger partial charge in [-0.3, -0.25) is 89.5 Å². The van der Waals surface area contributed by atoms with Crippen LogP contribution >= 0.6 is 34.2 Å². The Morgan fingerprint density at radius 1 is 0.372 bits per heavy atom. The fourth-order valence-electron chi connectivity index (χ4n) is 18.0. The molecule has 3 N–H and O–H groups in total. The van der Waals surface area contributed by atoms with Gasteiger partial charge in [0.15, 0.2) is 5.78 Å². The Hall–Kier alpha value is -15.9. The Bertz CT molecular complexity index is 7560. The van der Waals surface area contributed by atoms with Gasteiger partial charge in [0.2, 0.25) is 0 Å². The first-order chi connectivity index (χ1) is 69.8. The van der Waals surface area contributed by atoms with Crippen LogP contribution in [0.5, 0.6) is 23.0 Å². The number of hydrogen-bond donors (Lipinski definition) is 3. The minimum Gasteiger partial charge on any atom is -0.872 e. The SMILES string of the molecule is CC1(C)c2cccnc2-c2c(O)cncc21.CC1(C)c2cccnc2-c2c([O-])ccnc21.CC1(C)c2cccnc2-c2c([O-])ccnc21.CI.Cc1cncc2c1-c1ncccc1C2.Cc1cncc2c1-c1ncccc1C2(C)C.Cc1cncc2c1-c1ncccc1C2=O.Cc1cnccc1-c1ncccc1C#N.Cc1cnccc1-c1ncccc1C(=O)O.Cc1cnccc1O[B]O.N#Cc1cccnc1Cl.[Be+2].[Be+2].[Pd]. The van der Waals surface area contributed by atoms with Gasteiger partial charge in [0.1, 0.15) is 28.8 Å². The minimum absolute atomic E-state index is 0. The van der Waals surface area contributed by atoms with Crippen molar-refractivity contribution in [2.45, 2.75) is 125 Å². The number of alkyl halides is 1. The van der Waals surface area contributed by atoms with Crippen LogP contribution in [-0.4, -0.2) is 150 Å². The van der Waals surface area contributed by atoms with Crippen molar-refractivity contribution in [3.63, 3.8) is 0 Å². The number of ketones is 1. The van der Waals surface area contributed by atoms with Crippen LogP contribution in [0.4, 0.5) is 0 Å². The van der Waals surface area contributed by atoms with E-state index in [1.165, 1.54) is 62.8 Å². The van der Waals surface area contributed by atoms with Gasteiger partial charge in [-0.05, 0) is 216 Å². The van der Waals surface area contributed by atoms with Crippen molar-refractivity contribution in [3.8, 4) is 125 Å². The summed E-state index contributed by atoms with van der Waals surface area (Å²) in [7, 11) is 0.655. The van der Waals surface area contributed by atoms with Gasteiger partial charge < -0.3 is 30.1 Å². The molecule has 18 heterocycles. The average Bonchev–Trinajstić information content (AvgIpc) is 1.59. The number of fused-ring (bicyclic) bond motifs is 18. The summed E-state index contributed by atoms with van der Waals surface area (Å²) in [6, 6.07) is 46.1. The number of nitrogens with zero attached hydrogens (tertiary/aromatic N) is 20. The number of carbonyl (C=O) groups is 2. The van der Waals surface area contributed by atoms with E-state index in [4.69, 9.17) is 36.9 Å². The maximum absolute atomic E-state index is 12.0. The molecule has 0 aromatic carbocycles. The zero-order valence-electron chi connectivity index (χ0n) is 83.8. The number of halogens is 2. The summed E-state index contributed by atoms with van der Waals surface area (Å²) < 4.78 is 4.73. The van der Waals surface area contributed by atoms with Crippen molar-refractivity contribution in [1.82, 2.24) is 89.7 Å². The minimum atomic E-state index is -0.973. The largest absolute Gasteiger partial charge is 2.00 e. The summed E-state index contributed by atoms with van der Waals surface area (Å²) in [4.78, 5) is 100. The number of aromatic hydroxyl groups is 1. The van der Waals surface area contributed by atoms with E-state index < -0.39 is 5.97 Å². The number of rotatable bonds is 5. The van der Waals surface area contributed by atoms with Crippen LogP contribution in [0.25, 0.3) is 90.1 Å². The summed E-state index contributed by atoms with van der Waals surface area (Å²) in [5, 5.41) is 68.6. The summed E-state index contributed by atoms with van der Waals surface area (Å²) in [5.74, 6) is -0.0878. The number of aromatic nitrogens is 18. The number of aromatic carboxylic acids is 1. The monoisotopic (exact) mass is 2170 g/mol. The molecule has 0 atom stereocenters. The number of pyridine rings is 18. The van der Waals surface area contributed by atoms with E-state index in [2.05, 4.69) is 206 Å². The van der Waals surface area contributed by atoms with E-state index >= 15 is 0 Å². The average molecular weight is 2170 g/mol. The first-order valence-electron chi connectivity index (χ1n) is 45.7. The quantitative estimate of drug-likeness (QED) is 0.0623. The molecule has 34 heteroatoms. The first kappa shape index (κ1) is 112. The predicted octanol–water partition coefficient (Wildman–Crippen LogP) is 20.3. The van der Waals surface area contributed by atoms with Crippen molar-refractivity contribution in [1.29, 1.82) is 10.5 Å². The summed E-state index contributed by atoms with van der Waals surface area (Å²) in [5.41, 5.74) is 33.7. The Labute approximate surface area is 899 Å². The van der Waals surface area contributed by atoms with Gasteiger partial charge in [-0.1, -0.05) is 144 Å². The summed E-state index contributed by atoms with van der Waals surface area (Å²) in [6.07, 6.45) is 44.0. The number of carboxylic acid groups (broad SMARTS) is 1. The normalized spacial score (nSPS) is 12.4. The number of carboxylic acids is 1. The van der Waals surface area contributed by atoms with E-state index in [1.54, 1.807) is 160 Å². The van der Waals surface area contributed by atoms with Crippen LogP contribution in [0.1, 0.15) is 182 Å². The van der Waals surface area contributed by atoms with Crippen molar-refractivity contribution in [3.05, 3.63) is 417 Å². The second kappa shape index (κ2) is 49.8. The van der Waals surface area contributed by atoms with Crippen LogP contribution in [0.3, 0.4) is 0 Å². The van der Waals surface area contributed by atoms with Crippen LogP contribution in [0.15, 0.2) is 294 Å². The van der Waals surface area contributed by atoms with Crippen LogP contribution in [0, 0.1) is 64.2 Å². The fourth-order valence-corrected chi connectivity index (χ4v) is 18.2. The third kappa shape index (κ3) is 23.6. The molecule has 6 aliphatic carbocycles. The zero-order valence-corrected chi connectivity index (χ0v) is 88.3. The van der Waals surface area contributed by atoms with E-state index in [0.29, 0.717) is 52.5 Å². The molecule has 0 fully saturated rings. The molecular formula is C114H98BBe2ClIN20O8Pd+2. The Morgan fingerprint density at radius 3 is 1.26 bits per heavy atom. The Kier molecular flexibility index (Phi) is 37.8. The number of nitriles is 2. The van der Waals surface area contributed by atoms with Crippen molar-refractivity contribution in [2.24, 2.45) is 0 Å². The van der Waals surface area contributed by atoms with Gasteiger partial charge >= 0.3 is 33.9 Å². The van der Waals surface area contributed by atoms with Crippen molar-refractivity contribution < 1.29 is 60.1 Å². The molecule has 0 spiro atoms. The fraction of sp³-hybridized carbons (Fsp3) is 0.175. The molecule has 0 saturated heterocycles. The molecule has 24 rings (SSSR count). The van der Waals surface area contributed by atoms with Gasteiger partial charge in [-0.15, -0.1) is 0 Å². The second-order valence-electron chi connectivity index (χ2n) is 35.8. The maximum Gasteiger partial charge on any atom is 2.00 e. The number of hydrogen-bond acceptors (Lipinski definition) is 27. The third-order valence-electron chi connectivity index (χ3n) is 25.2. The molecule has 0 unspecified atom stereocenters. The standard InChI is InChI=1S/C14H14N2.3C13H12N2O.C12H9N3.C12H10N2O2.C12H8N2O.C12H10N2.C6H7BNO2.C6H3ClN2.CH3I.2Be.Pd/c1-9-7-15-8-11-12(9)13-10(14(11,2)3)5-4-6-16-13;2*1-13(2)8-4-3-6-14-11(8)10-9(16)5-7-15-12(10)13;1-13(2)8-4-3-5-15-12(8)11-9(13)6-14-7-10(11)16;1-9-8-14-6-4-11(9)12-10(7-13)3-2-5-15-12;1-8-7-13-6-4-9(8)11-10(12(15)16)3-2-5-14-11;1-7-5-13-6-9-10(7)11-8(12(9)15)3-2-4-14-11;1-8-6-13-7-10-5-9-3-2-4-14-12(9)11(8)10;1-5-4-8-3-2-6(5)10-7-9;7-6-5(4-8)2-1-3-9-6;1-2;;;/h4-8H,1-3H3;2*3-7H,1-2H3,(H,15,16);3-7,16H,1-2H3;2-6,8H,1H3;2-7H,1H3,(H,15,16);2-6H,1H3;2-4,6-7H,5H2,1H3;2-4,9H,1H3;1-3H;1H3;;;/q;;;;;;;;;;;2*+2;/p-2. The van der Waals surface area contributed by atoms with Gasteiger partial charge in [0.05, 0.1) is 85.4 Å². The zero-order chi connectivity index (χ0) is 104. The van der Waals surface area contributed by atoms with E-state index in [0.717, 1.165) is 124 Å². The number of carbonyl (C=O) groups excluding carboxylic acids is 1. The topological polar surface area (TPSA) is 430 Å². The second-order valence-corrected chi connectivity index (χ2v) is 36.2. The van der Waals surface area contributed by atoms with Crippen molar-refractivity contribution >= 4 is 73.9 Å². The summed E-state index contributed by atoms with van der Waals surface area (Å²) >= 11 is 7.64. The molecule has 18 aromatic heterocycles. The van der Waals surface area contributed by atoms with Crippen LogP contribution in [-0.2, 0) is 48.5 Å². The molecule has 28 nitrogen and oxygen atoms in total. The molecule has 0 bridgehead atoms. The molecule has 6 aliphatic rings. The number of aryl methyl sites for hydroxylation is 6. The molecule has 0 aliphatic heterocycles. The van der Waals surface area contributed by atoms with Gasteiger partial charge in [-0.2, -0.15) is 10.5 Å². The van der Waals surface area contributed by atoms with Gasteiger partial charge in [0.25, 0.3) is 0 Å².